The molecule has 12 heteroatoms. The Balaban J connectivity index is -0.000000340. The second kappa shape index (κ2) is 19.6. The summed E-state index contributed by atoms with van der Waals surface area (Å²) in [7, 11) is 0. The van der Waals surface area contributed by atoms with Gasteiger partial charge in [0.15, 0.2) is 0 Å². The Morgan fingerprint density at radius 3 is 1.73 bits per heavy atom. The third kappa shape index (κ3) is 11.2. The summed E-state index contributed by atoms with van der Waals surface area (Å²) >= 11 is 0. The van der Waals surface area contributed by atoms with Gasteiger partial charge in [-0.2, -0.15) is 15.0 Å². The first-order chi connectivity index (χ1) is 15.8. The Hall–Kier alpha value is -2.44. The summed E-state index contributed by atoms with van der Waals surface area (Å²) in [5, 5.41) is 3.40. The number of nitrogens with one attached hydrogen (secondary N) is 1. The van der Waals surface area contributed by atoms with Gasteiger partial charge in [-0.05, 0) is 69.2 Å². The zero-order chi connectivity index (χ0) is 22.0. The lowest BCUT2D eigenvalue weighted by atomic mass is 10.1. The molecule has 0 bridgehead atoms. The van der Waals surface area contributed by atoms with E-state index in [1.165, 1.54) is 57.8 Å². The number of anilines is 4. The van der Waals surface area contributed by atoms with Gasteiger partial charge in [0.2, 0.25) is 17.8 Å². The van der Waals surface area contributed by atoms with Crippen LogP contribution in [0.25, 0.3) is 0 Å². The first kappa shape index (κ1) is 36.7. The molecular formula is C25H59ClN10O. The lowest BCUT2D eigenvalue weighted by Crippen LogP contribution is -2.34. The number of aromatic nitrogens is 3. The summed E-state index contributed by atoms with van der Waals surface area (Å²) in [6.45, 7) is 7.09. The average Bonchev–Trinajstić information content (AvgIpc) is 2.86. The topological polar surface area (TPSA) is 206 Å². The van der Waals surface area contributed by atoms with E-state index in [9.17, 15) is 0 Å². The van der Waals surface area contributed by atoms with Crippen LogP contribution in [0.4, 0.5) is 23.5 Å². The number of ether oxygens (including phenoxy) is 1. The van der Waals surface area contributed by atoms with Crippen molar-refractivity contribution in [1.29, 1.82) is 0 Å². The molecule has 2 aromatic rings. The number of rotatable bonds is 10. The molecule has 0 saturated carbocycles. The van der Waals surface area contributed by atoms with Crippen LogP contribution in [0.3, 0.4) is 0 Å². The normalized spacial score (nSPS) is 14.5. The summed E-state index contributed by atoms with van der Waals surface area (Å²) in [6.07, 6.45) is 12.2. The highest BCUT2D eigenvalue weighted by Gasteiger charge is 2.20. The highest BCUT2D eigenvalue weighted by Crippen LogP contribution is 2.25. The lowest BCUT2D eigenvalue weighted by molar-refractivity contribution is 0.305. The average molecular weight is 551 g/mol. The third-order valence-electron chi connectivity index (χ3n) is 6.27. The molecule has 1 aromatic carbocycles. The van der Waals surface area contributed by atoms with Gasteiger partial charge in [-0.25, -0.2) is 0 Å². The van der Waals surface area contributed by atoms with Crippen molar-refractivity contribution < 1.29 is 10.4 Å². The standard InChI is InChI=1S/C25H38N6O.ClH.4H3N.4H2/c1-2-3-4-11-20-32-22-14-12-21(13-15-22)26-23-27-24(30-16-7-5-8-17-30)29-25(28-23)31-18-9-6-10-19-31;;;;;;;;;/h12-15H,2-11,16-20H2,1H3,(H,26,27,28,29);1H;4*1H3;4*1H. The van der Waals surface area contributed by atoms with Crippen LogP contribution in [-0.4, -0.2) is 47.7 Å². The maximum absolute atomic E-state index is 5.87. The molecule has 2 fully saturated rings. The Morgan fingerprint density at radius 1 is 0.730 bits per heavy atom. The Labute approximate surface area is 235 Å². The van der Waals surface area contributed by atoms with Crippen LogP contribution < -0.4 is 44.5 Å². The van der Waals surface area contributed by atoms with Crippen LogP contribution in [0.2, 0.25) is 0 Å². The summed E-state index contributed by atoms with van der Waals surface area (Å²) < 4.78 is 5.87. The van der Waals surface area contributed by atoms with E-state index < -0.39 is 0 Å². The van der Waals surface area contributed by atoms with E-state index in [1.54, 1.807) is 0 Å². The van der Waals surface area contributed by atoms with Gasteiger partial charge in [0.1, 0.15) is 5.75 Å². The molecule has 37 heavy (non-hydrogen) atoms. The van der Waals surface area contributed by atoms with E-state index in [-0.39, 0.29) is 42.7 Å². The van der Waals surface area contributed by atoms with Gasteiger partial charge < -0.3 is 44.5 Å². The largest absolute Gasteiger partial charge is 0.494 e. The Kier molecular flexibility index (Phi) is 19.5. The van der Waals surface area contributed by atoms with E-state index in [0.717, 1.165) is 62.5 Å². The van der Waals surface area contributed by atoms with Crippen LogP contribution in [0.1, 0.15) is 76.8 Å². The molecule has 2 saturated heterocycles. The molecule has 0 atom stereocenters. The van der Waals surface area contributed by atoms with Gasteiger partial charge in [-0.3, -0.25) is 0 Å². The predicted octanol–water partition coefficient (Wildman–Crippen LogP) is 7.61. The minimum absolute atomic E-state index is 0. The van der Waals surface area contributed by atoms with Gasteiger partial charge >= 0.3 is 0 Å². The van der Waals surface area contributed by atoms with Crippen LogP contribution in [-0.2, 0) is 0 Å². The molecule has 13 N–H and O–H groups in total. The minimum atomic E-state index is 0. The molecule has 2 aliphatic rings. The van der Waals surface area contributed by atoms with Gasteiger partial charge in [0.25, 0.3) is 0 Å². The second-order valence-corrected chi connectivity index (χ2v) is 8.91. The highest BCUT2D eigenvalue weighted by molar-refractivity contribution is 5.85. The van der Waals surface area contributed by atoms with Crippen molar-refractivity contribution in [3.05, 3.63) is 24.3 Å². The van der Waals surface area contributed by atoms with Gasteiger partial charge in [0, 0.05) is 37.6 Å². The molecular weight excluding hydrogens is 492 g/mol. The third-order valence-corrected chi connectivity index (χ3v) is 6.27. The molecule has 0 aliphatic carbocycles. The maximum Gasteiger partial charge on any atom is 0.233 e. The maximum atomic E-state index is 5.87. The number of hydrogen-bond acceptors (Lipinski definition) is 11. The predicted molar refractivity (Wildman–Crippen MR) is 167 cm³/mol. The monoisotopic (exact) mass is 550 g/mol. The van der Waals surface area contributed by atoms with Crippen LogP contribution in [0.15, 0.2) is 24.3 Å². The molecule has 2 aliphatic heterocycles. The summed E-state index contributed by atoms with van der Waals surface area (Å²) in [6, 6.07) is 8.10. The number of nitrogens with zero attached hydrogens (tertiary/aromatic N) is 5. The molecule has 0 radical (unpaired) electrons. The highest BCUT2D eigenvalue weighted by atomic mass is 35.5. The van der Waals surface area contributed by atoms with Crippen molar-refractivity contribution in [3.8, 4) is 5.75 Å². The molecule has 0 amide bonds. The van der Waals surface area contributed by atoms with E-state index in [2.05, 4.69) is 22.0 Å². The second-order valence-electron chi connectivity index (χ2n) is 8.91. The SMILES string of the molecule is CCCCCCOc1ccc(Nc2nc(N3CCCCC3)nc(N3CCCCC3)n2)cc1.Cl.N.N.N.N.[HH].[HH].[HH].[HH]. The smallest absolute Gasteiger partial charge is 0.233 e. The molecule has 0 unspecified atom stereocenters. The summed E-state index contributed by atoms with van der Waals surface area (Å²) in [5.74, 6) is 3.13. The molecule has 11 nitrogen and oxygen atoms in total. The molecule has 3 heterocycles. The number of piperidine rings is 2. The fourth-order valence-corrected chi connectivity index (χ4v) is 4.36. The van der Waals surface area contributed by atoms with Gasteiger partial charge in [0.05, 0.1) is 6.61 Å². The van der Waals surface area contributed by atoms with Crippen molar-refractivity contribution in [1.82, 2.24) is 39.6 Å². The van der Waals surface area contributed by atoms with Crippen LogP contribution >= 0.6 is 12.4 Å². The number of hydrogen-bond donors (Lipinski definition) is 5. The fraction of sp³-hybridized carbons (Fsp3) is 0.640. The van der Waals surface area contributed by atoms with Crippen molar-refractivity contribution in [2.75, 3.05) is 47.9 Å². The first-order valence-electron chi connectivity index (χ1n) is 12.6. The van der Waals surface area contributed by atoms with Gasteiger partial charge in [-0.15, -0.1) is 12.4 Å². The van der Waals surface area contributed by atoms with E-state index in [4.69, 9.17) is 19.7 Å². The van der Waals surface area contributed by atoms with E-state index in [0.29, 0.717) is 5.95 Å². The quantitative estimate of drug-likeness (QED) is 0.182. The molecule has 222 valence electrons. The minimum Gasteiger partial charge on any atom is -0.494 e. The van der Waals surface area contributed by atoms with Crippen LogP contribution in [0, 0.1) is 0 Å². The Bertz CT molecular complexity index is 813. The van der Waals surface area contributed by atoms with Crippen molar-refractivity contribution >= 4 is 35.9 Å². The van der Waals surface area contributed by atoms with E-state index >= 15 is 0 Å². The lowest BCUT2D eigenvalue weighted by Gasteiger charge is -2.30. The summed E-state index contributed by atoms with van der Waals surface area (Å²) in [5.41, 5.74) is 0.962. The molecule has 1 aromatic heterocycles. The number of unbranched alkanes of at least 4 members (excludes halogenated alkanes) is 3. The molecule has 4 rings (SSSR count). The zero-order valence-electron chi connectivity index (χ0n) is 22.8. The van der Waals surface area contributed by atoms with Crippen LogP contribution in [0.5, 0.6) is 5.75 Å². The van der Waals surface area contributed by atoms with Gasteiger partial charge in [-0.1, -0.05) is 26.2 Å². The van der Waals surface area contributed by atoms with E-state index in [1.807, 2.05) is 24.3 Å². The number of halogens is 1. The van der Waals surface area contributed by atoms with Crippen molar-refractivity contribution in [3.63, 3.8) is 0 Å². The van der Waals surface area contributed by atoms with Crippen molar-refractivity contribution in [2.24, 2.45) is 0 Å². The molecule has 0 spiro atoms. The Morgan fingerprint density at radius 2 is 1.24 bits per heavy atom. The fourth-order valence-electron chi connectivity index (χ4n) is 4.36. The zero-order valence-corrected chi connectivity index (χ0v) is 23.6. The number of benzene rings is 1. The first-order valence-corrected chi connectivity index (χ1v) is 12.6. The summed E-state index contributed by atoms with van der Waals surface area (Å²) in [4.78, 5) is 19.0. The van der Waals surface area contributed by atoms with Crippen molar-refractivity contribution in [2.45, 2.75) is 71.1 Å².